The Labute approximate surface area is 162 Å². The first-order valence-corrected chi connectivity index (χ1v) is 9.08. The molecule has 2 heterocycles. The van der Waals surface area contributed by atoms with Crippen LogP contribution in [-0.4, -0.2) is 20.0 Å². The quantitative estimate of drug-likeness (QED) is 0.602. The molecule has 0 atom stereocenters. The van der Waals surface area contributed by atoms with Gasteiger partial charge < -0.3 is 5.32 Å². The molecule has 0 fully saturated rings. The van der Waals surface area contributed by atoms with Crippen molar-refractivity contribution in [3.05, 3.63) is 66.0 Å². The second-order valence-electron chi connectivity index (χ2n) is 5.85. The lowest BCUT2D eigenvalue weighted by molar-refractivity contribution is 0.102. The Morgan fingerprint density at radius 2 is 1.88 bits per heavy atom. The largest absolute Gasteiger partial charge is 0.332 e. The molecular formula is C18H17IN4O3. The molecule has 26 heavy (non-hydrogen) atoms. The molecule has 1 aromatic carbocycles. The van der Waals surface area contributed by atoms with Crippen molar-refractivity contribution in [2.24, 2.45) is 14.1 Å². The summed E-state index contributed by atoms with van der Waals surface area (Å²) in [7, 11) is 2.96. The topological polar surface area (TPSA) is 86.0 Å². The molecule has 0 bridgehead atoms. The number of nitrogens with one attached hydrogen (secondary N) is 1. The van der Waals surface area contributed by atoms with Crippen LogP contribution in [0.1, 0.15) is 22.8 Å². The van der Waals surface area contributed by atoms with E-state index in [-0.39, 0.29) is 16.9 Å². The van der Waals surface area contributed by atoms with Gasteiger partial charge in [0.15, 0.2) is 5.65 Å². The van der Waals surface area contributed by atoms with Crippen LogP contribution >= 0.6 is 22.6 Å². The van der Waals surface area contributed by atoms with Crippen LogP contribution in [0.2, 0.25) is 0 Å². The van der Waals surface area contributed by atoms with E-state index in [0.717, 1.165) is 13.7 Å². The zero-order valence-electron chi connectivity index (χ0n) is 14.5. The van der Waals surface area contributed by atoms with Gasteiger partial charge in [0, 0.05) is 23.9 Å². The molecule has 0 unspecified atom stereocenters. The third kappa shape index (κ3) is 2.94. The van der Waals surface area contributed by atoms with Crippen LogP contribution in [0.4, 0.5) is 5.69 Å². The fraction of sp³-hybridized carbons (Fsp3) is 0.222. The lowest BCUT2D eigenvalue weighted by Crippen LogP contribution is -2.38. The first kappa shape index (κ1) is 18.3. The van der Waals surface area contributed by atoms with Crippen LogP contribution in [0.25, 0.3) is 11.0 Å². The van der Waals surface area contributed by atoms with Gasteiger partial charge >= 0.3 is 5.69 Å². The Morgan fingerprint density at radius 3 is 2.54 bits per heavy atom. The number of aromatic nitrogens is 3. The van der Waals surface area contributed by atoms with Crippen LogP contribution in [0.3, 0.4) is 0 Å². The molecule has 0 saturated heterocycles. The van der Waals surface area contributed by atoms with Gasteiger partial charge in [-0.2, -0.15) is 0 Å². The standard InChI is InChI=1S/C18H17IN4O3/c1-4-10-9-20-15-13(17(25)23(3)18(26)22(15)2)14(10)21-16(24)11-7-5-6-8-12(11)19/h5-9H,4H2,1-3H3,(H,20,21,24). The molecule has 1 N–H and O–H groups in total. The normalized spacial score (nSPS) is 10.9. The number of hydrogen-bond acceptors (Lipinski definition) is 4. The van der Waals surface area contributed by atoms with Crippen molar-refractivity contribution in [1.82, 2.24) is 14.1 Å². The first-order chi connectivity index (χ1) is 12.4. The highest BCUT2D eigenvalue weighted by Gasteiger charge is 2.19. The summed E-state index contributed by atoms with van der Waals surface area (Å²) in [5.74, 6) is -0.312. The van der Waals surface area contributed by atoms with Gasteiger partial charge in [0.25, 0.3) is 11.5 Å². The zero-order chi connectivity index (χ0) is 19.0. The van der Waals surface area contributed by atoms with Crippen molar-refractivity contribution >= 4 is 45.2 Å². The van der Waals surface area contributed by atoms with Crippen molar-refractivity contribution in [3.63, 3.8) is 0 Å². The Hall–Kier alpha value is -2.49. The monoisotopic (exact) mass is 464 g/mol. The Bertz CT molecular complexity index is 1150. The van der Waals surface area contributed by atoms with Crippen LogP contribution in [0.15, 0.2) is 40.1 Å². The van der Waals surface area contributed by atoms with Crippen LogP contribution in [0.5, 0.6) is 0 Å². The lowest BCUT2D eigenvalue weighted by Gasteiger charge is -2.15. The molecule has 0 saturated carbocycles. The fourth-order valence-corrected chi connectivity index (χ4v) is 3.44. The molecule has 0 aliphatic carbocycles. The minimum Gasteiger partial charge on any atom is -0.321 e. The number of carbonyl (C=O) groups excluding carboxylic acids is 1. The summed E-state index contributed by atoms with van der Waals surface area (Å²) in [6.07, 6.45) is 2.17. The number of benzene rings is 1. The SMILES string of the molecule is CCc1cnc2c(c1NC(=O)c1ccccc1I)c(=O)n(C)c(=O)n2C. The number of fused-ring (bicyclic) bond motifs is 1. The molecular weight excluding hydrogens is 447 g/mol. The molecule has 8 heteroatoms. The average Bonchev–Trinajstić information content (AvgIpc) is 2.64. The van der Waals surface area contributed by atoms with E-state index >= 15 is 0 Å². The highest BCUT2D eigenvalue weighted by molar-refractivity contribution is 14.1. The molecule has 3 rings (SSSR count). The van der Waals surface area contributed by atoms with Crippen LogP contribution < -0.4 is 16.6 Å². The fourth-order valence-electron chi connectivity index (χ4n) is 2.80. The van der Waals surface area contributed by atoms with E-state index in [1.54, 1.807) is 25.4 Å². The van der Waals surface area contributed by atoms with E-state index in [2.05, 4.69) is 32.9 Å². The van der Waals surface area contributed by atoms with E-state index in [9.17, 15) is 14.4 Å². The van der Waals surface area contributed by atoms with Gasteiger partial charge in [0.1, 0.15) is 5.39 Å². The highest BCUT2D eigenvalue weighted by atomic mass is 127. The second kappa shape index (κ2) is 7.02. The van der Waals surface area contributed by atoms with E-state index in [0.29, 0.717) is 17.7 Å². The van der Waals surface area contributed by atoms with Crippen molar-refractivity contribution < 1.29 is 4.79 Å². The summed E-state index contributed by atoms with van der Waals surface area (Å²) in [5, 5.41) is 3.09. The summed E-state index contributed by atoms with van der Waals surface area (Å²) in [4.78, 5) is 41.9. The number of pyridine rings is 1. The maximum Gasteiger partial charge on any atom is 0.332 e. The van der Waals surface area contributed by atoms with Crippen molar-refractivity contribution in [1.29, 1.82) is 0 Å². The maximum atomic E-state index is 12.8. The molecule has 7 nitrogen and oxygen atoms in total. The molecule has 134 valence electrons. The van der Waals surface area contributed by atoms with Crippen LogP contribution in [0, 0.1) is 3.57 Å². The number of amides is 1. The summed E-state index contributed by atoms with van der Waals surface area (Å²) < 4.78 is 3.13. The summed E-state index contributed by atoms with van der Waals surface area (Å²) in [5.41, 5.74) is 0.944. The number of halogens is 1. The van der Waals surface area contributed by atoms with E-state index in [1.807, 2.05) is 19.1 Å². The predicted molar refractivity (Wildman–Crippen MR) is 109 cm³/mol. The highest BCUT2D eigenvalue weighted by Crippen LogP contribution is 2.24. The van der Waals surface area contributed by atoms with E-state index in [4.69, 9.17) is 0 Å². The average molecular weight is 464 g/mol. The number of carbonyl (C=O) groups is 1. The first-order valence-electron chi connectivity index (χ1n) is 8.00. The van der Waals surface area contributed by atoms with Crippen molar-refractivity contribution in [3.8, 4) is 0 Å². The summed E-state index contributed by atoms with van der Waals surface area (Å²) >= 11 is 2.09. The van der Waals surface area contributed by atoms with Gasteiger partial charge in [-0.25, -0.2) is 9.78 Å². The van der Waals surface area contributed by atoms with Gasteiger partial charge in [0.05, 0.1) is 11.3 Å². The molecule has 3 aromatic rings. The van der Waals surface area contributed by atoms with Gasteiger partial charge in [0.2, 0.25) is 0 Å². The van der Waals surface area contributed by atoms with Gasteiger partial charge in [-0.3, -0.25) is 18.7 Å². The van der Waals surface area contributed by atoms with E-state index < -0.39 is 11.2 Å². The minimum absolute atomic E-state index is 0.230. The Morgan fingerprint density at radius 1 is 1.19 bits per heavy atom. The summed E-state index contributed by atoms with van der Waals surface area (Å²) in [6, 6.07) is 7.19. The number of nitrogens with zero attached hydrogens (tertiary/aromatic N) is 3. The predicted octanol–water partition coefficient (Wildman–Crippen LogP) is 2.05. The Kier molecular flexibility index (Phi) is 4.94. The van der Waals surface area contributed by atoms with E-state index in [1.165, 1.54) is 11.6 Å². The molecule has 0 aliphatic heterocycles. The van der Waals surface area contributed by atoms with Crippen molar-refractivity contribution in [2.45, 2.75) is 13.3 Å². The third-order valence-corrected chi connectivity index (χ3v) is 5.23. The third-order valence-electron chi connectivity index (χ3n) is 4.29. The smallest absolute Gasteiger partial charge is 0.321 e. The number of anilines is 1. The maximum absolute atomic E-state index is 12.8. The minimum atomic E-state index is -0.482. The summed E-state index contributed by atoms with van der Waals surface area (Å²) in [6.45, 7) is 1.91. The molecule has 2 aromatic heterocycles. The lowest BCUT2D eigenvalue weighted by atomic mass is 10.1. The number of rotatable bonds is 3. The van der Waals surface area contributed by atoms with Crippen LogP contribution in [-0.2, 0) is 20.5 Å². The second-order valence-corrected chi connectivity index (χ2v) is 7.01. The van der Waals surface area contributed by atoms with Gasteiger partial charge in [-0.05, 0) is 46.7 Å². The molecule has 0 aliphatic rings. The molecule has 0 radical (unpaired) electrons. The Balaban J connectivity index is 2.28. The number of aryl methyl sites for hydroxylation is 2. The zero-order valence-corrected chi connectivity index (χ0v) is 16.7. The van der Waals surface area contributed by atoms with Crippen molar-refractivity contribution in [2.75, 3.05) is 5.32 Å². The molecule has 1 amide bonds. The van der Waals surface area contributed by atoms with Gasteiger partial charge in [-0.1, -0.05) is 19.1 Å². The van der Waals surface area contributed by atoms with Gasteiger partial charge in [-0.15, -0.1) is 0 Å². The molecule has 0 spiro atoms. The number of hydrogen-bond donors (Lipinski definition) is 1.